The molecule has 0 aromatic heterocycles. The van der Waals surface area contributed by atoms with Crippen LogP contribution in [0.25, 0.3) is 0 Å². The molecule has 1 amide bonds. The number of rotatable bonds is 4. The molecule has 1 fully saturated rings. The molecule has 1 heterocycles. The summed E-state index contributed by atoms with van der Waals surface area (Å²) in [7, 11) is 1.31. The van der Waals surface area contributed by atoms with Crippen molar-refractivity contribution < 1.29 is 14.3 Å². The van der Waals surface area contributed by atoms with Gasteiger partial charge in [0.15, 0.2) is 0 Å². The van der Waals surface area contributed by atoms with E-state index in [2.05, 4.69) is 16.1 Å². The molecule has 1 unspecified atom stereocenters. The number of amides is 1. The van der Waals surface area contributed by atoms with Crippen molar-refractivity contribution in [2.24, 2.45) is 0 Å². The molecular weight excluding hydrogens is 270 g/mol. The predicted molar refractivity (Wildman–Crippen MR) is 75.0 cm³/mol. The minimum Gasteiger partial charge on any atom is -0.469 e. The number of nitrogens with one attached hydrogen (secondary N) is 1. The molecule has 0 bridgehead atoms. The molecule has 21 heavy (non-hydrogen) atoms. The van der Waals surface area contributed by atoms with Crippen LogP contribution < -0.4 is 5.32 Å². The predicted octanol–water partition coefficient (Wildman–Crippen LogP) is 0.422. The van der Waals surface area contributed by atoms with Gasteiger partial charge in [0.1, 0.15) is 6.04 Å². The van der Waals surface area contributed by atoms with Crippen LogP contribution in [0.3, 0.4) is 0 Å². The van der Waals surface area contributed by atoms with Crippen LogP contribution in [0, 0.1) is 11.3 Å². The SMILES string of the molecule is COC(=O)CC1C(=O)NCCN1Cc1cccc(C#N)c1. The van der Waals surface area contributed by atoms with Crippen LogP contribution >= 0.6 is 0 Å². The van der Waals surface area contributed by atoms with Crippen LogP contribution in [-0.4, -0.2) is 43.0 Å². The lowest BCUT2D eigenvalue weighted by atomic mass is 10.1. The zero-order chi connectivity index (χ0) is 15.2. The van der Waals surface area contributed by atoms with Crippen molar-refractivity contribution in [2.75, 3.05) is 20.2 Å². The second kappa shape index (κ2) is 6.86. The van der Waals surface area contributed by atoms with E-state index in [0.717, 1.165) is 5.56 Å². The maximum Gasteiger partial charge on any atom is 0.307 e. The number of hydrogen-bond acceptors (Lipinski definition) is 5. The molecule has 6 heteroatoms. The second-order valence-corrected chi connectivity index (χ2v) is 4.87. The smallest absolute Gasteiger partial charge is 0.307 e. The molecule has 6 nitrogen and oxygen atoms in total. The van der Waals surface area contributed by atoms with Gasteiger partial charge < -0.3 is 10.1 Å². The van der Waals surface area contributed by atoms with Crippen LogP contribution in [0.2, 0.25) is 0 Å². The number of benzene rings is 1. The zero-order valence-corrected chi connectivity index (χ0v) is 11.8. The lowest BCUT2D eigenvalue weighted by Crippen LogP contribution is -2.55. The molecule has 2 rings (SSSR count). The average molecular weight is 287 g/mol. The van der Waals surface area contributed by atoms with E-state index < -0.39 is 12.0 Å². The van der Waals surface area contributed by atoms with Gasteiger partial charge in [0.05, 0.1) is 25.2 Å². The van der Waals surface area contributed by atoms with E-state index in [9.17, 15) is 9.59 Å². The van der Waals surface area contributed by atoms with Crippen molar-refractivity contribution in [1.29, 1.82) is 5.26 Å². The number of ether oxygens (including phenoxy) is 1. The Bertz CT molecular complexity index is 580. The zero-order valence-electron chi connectivity index (χ0n) is 11.8. The van der Waals surface area contributed by atoms with Crippen LogP contribution in [0.15, 0.2) is 24.3 Å². The minimum absolute atomic E-state index is 0.0280. The summed E-state index contributed by atoms with van der Waals surface area (Å²) in [5.41, 5.74) is 1.53. The molecule has 0 aliphatic carbocycles. The highest BCUT2D eigenvalue weighted by atomic mass is 16.5. The molecule has 1 aromatic carbocycles. The lowest BCUT2D eigenvalue weighted by molar-refractivity contribution is -0.146. The van der Waals surface area contributed by atoms with E-state index in [-0.39, 0.29) is 12.3 Å². The van der Waals surface area contributed by atoms with E-state index >= 15 is 0 Å². The Kier molecular flexibility index (Phi) is 4.90. The second-order valence-electron chi connectivity index (χ2n) is 4.87. The summed E-state index contributed by atoms with van der Waals surface area (Å²) in [6.45, 7) is 1.73. The number of carbonyl (C=O) groups is 2. The molecule has 1 aliphatic heterocycles. The number of methoxy groups -OCH3 is 1. The summed E-state index contributed by atoms with van der Waals surface area (Å²) >= 11 is 0. The fraction of sp³-hybridized carbons (Fsp3) is 0.400. The molecule has 110 valence electrons. The van der Waals surface area contributed by atoms with E-state index in [1.54, 1.807) is 12.1 Å². The number of esters is 1. The first-order valence-electron chi connectivity index (χ1n) is 6.71. The van der Waals surface area contributed by atoms with Crippen molar-refractivity contribution in [2.45, 2.75) is 19.0 Å². The molecule has 1 saturated heterocycles. The van der Waals surface area contributed by atoms with Crippen molar-refractivity contribution in [1.82, 2.24) is 10.2 Å². The van der Waals surface area contributed by atoms with E-state index in [1.165, 1.54) is 7.11 Å². The van der Waals surface area contributed by atoms with Crippen molar-refractivity contribution in [3.8, 4) is 6.07 Å². The molecule has 1 N–H and O–H groups in total. The quantitative estimate of drug-likeness (QED) is 0.812. The van der Waals surface area contributed by atoms with Crippen molar-refractivity contribution in [3.63, 3.8) is 0 Å². The highest BCUT2D eigenvalue weighted by Crippen LogP contribution is 2.15. The summed E-state index contributed by atoms with van der Waals surface area (Å²) in [6, 6.07) is 8.81. The monoisotopic (exact) mass is 287 g/mol. The third kappa shape index (κ3) is 3.80. The first-order valence-corrected chi connectivity index (χ1v) is 6.71. The summed E-state index contributed by atoms with van der Waals surface area (Å²) in [6.07, 6.45) is 0.0280. The van der Waals surface area contributed by atoms with Gasteiger partial charge in [-0.05, 0) is 17.7 Å². The largest absolute Gasteiger partial charge is 0.469 e. The number of hydrogen-bond donors (Lipinski definition) is 1. The molecule has 1 atom stereocenters. The standard InChI is InChI=1S/C15H17N3O3/c1-21-14(19)8-13-15(20)17-5-6-18(13)10-12-4-2-3-11(7-12)9-16/h2-4,7,13H,5-6,8,10H2,1H3,(H,17,20). The van der Waals surface area contributed by atoms with Gasteiger partial charge in [-0.3, -0.25) is 14.5 Å². The number of piperazine rings is 1. The van der Waals surface area contributed by atoms with Crippen LogP contribution in [0.1, 0.15) is 17.5 Å². The topological polar surface area (TPSA) is 82.4 Å². The summed E-state index contributed by atoms with van der Waals surface area (Å²) in [4.78, 5) is 25.3. The highest BCUT2D eigenvalue weighted by Gasteiger charge is 2.31. The van der Waals surface area contributed by atoms with Crippen LogP contribution in [-0.2, 0) is 20.9 Å². The summed E-state index contributed by atoms with van der Waals surface area (Å²) in [5.74, 6) is -0.573. The highest BCUT2D eigenvalue weighted by molar-refractivity contribution is 5.87. The Hall–Kier alpha value is -2.39. The Labute approximate surface area is 123 Å². The Morgan fingerprint density at radius 3 is 3.10 bits per heavy atom. The first kappa shape index (κ1) is 15.0. The van der Waals surface area contributed by atoms with Crippen molar-refractivity contribution >= 4 is 11.9 Å². The third-order valence-electron chi connectivity index (χ3n) is 3.47. The fourth-order valence-corrected chi connectivity index (χ4v) is 2.39. The molecule has 1 aromatic rings. The van der Waals surface area contributed by atoms with E-state index in [0.29, 0.717) is 25.2 Å². The fourth-order valence-electron chi connectivity index (χ4n) is 2.39. The van der Waals surface area contributed by atoms with Gasteiger partial charge in [-0.1, -0.05) is 12.1 Å². The Morgan fingerprint density at radius 2 is 2.38 bits per heavy atom. The lowest BCUT2D eigenvalue weighted by Gasteiger charge is -2.34. The van der Waals surface area contributed by atoms with Gasteiger partial charge in [0, 0.05) is 19.6 Å². The van der Waals surface area contributed by atoms with Gasteiger partial charge in [-0.25, -0.2) is 0 Å². The van der Waals surface area contributed by atoms with Gasteiger partial charge in [-0.2, -0.15) is 5.26 Å². The van der Waals surface area contributed by atoms with Crippen LogP contribution in [0.5, 0.6) is 0 Å². The average Bonchev–Trinajstić information content (AvgIpc) is 2.50. The van der Waals surface area contributed by atoms with Crippen LogP contribution in [0.4, 0.5) is 0 Å². The molecule has 0 saturated carbocycles. The van der Waals surface area contributed by atoms with E-state index in [4.69, 9.17) is 5.26 Å². The minimum atomic E-state index is -0.531. The number of nitrogens with zero attached hydrogens (tertiary/aromatic N) is 2. The number of nitriles is 1. The Morgan fingerprint density at radius 1 is 1.57 bits per heavy atom. The molecule has 1 aliphatic rings. The molecule has 0 radical (unpaired) electrons. The van der Waals surface area contributed by atoms with Gasteiger partial charge in [0.2, 0.25) is 5.91 Å². The molecular formula is C15H17N3O3. The molecule has 0 spiro atoms. The van der Waals surface area contributed by atoms with Crippen molar-refractivity contribution in [3.05, 3.63) is 35.4 Å². The van der Waals surface area contributed by atoms with Gasteiger partial charge >= 0.3 is 5.97 Å². The maximum atomic E-state index is 12.0. The number of carbonyl (C=O) groups excluding carboxylic acids is 2. The third-order valence-corrected chi connectivity index (χ3v) is 3.47. The first-order chi connectivity index (χ1) is 10.1. The van der Waals surface area contributed by atoms with Gasteiger partial charge in [-0.15, -0.1) is 0 Å². The van der Waals surface area contributed by atoms with Gasteiger partial charge in [0.25, 0.3) is 0 Å². The Balaban J connectivity index is 2.13. The normalized spacial score (nSPS) is 18.7. The summed E-state index contributed by atoms with van der Waals surface area (Å²) < 4.78 is 4.65. The summed E-state index contributed by atoms with van der Waals surface area (Å²) in [5, 5.41) is 11.7. The maximum absolute atomic E-state index is 12.0. The van der Waals surface area contributed by atoms with E-state index in [1.807, 2.05) is 17.0 Å².